The minimum Gasteiger partial charge on any atom is -0.811 e. The van der Waals surface area contributed by atoms with Crippen molar-refractivity contribution in [3.63, 3.8) is 0 Å². The van der Waals surface area contributed by atoms with Crippen LogP contribution in [0.5, 0.6) is 0 Å². The van der Waals surface area contributed by atoms with Crippen LogP contribution in [-0.2, 0) is 13.7 Å². The van der Waals surface area contributed by atoms with Gasteiger partial charge in [0.05, 0.1) is 0 Å². The van der Waals surface area contributed by atoms with Crippen LogP contribution in [0.4, 0.5) is 0 Å². The molecule has 20 heavy (non-hydrogen) atoms. The Kier molecular flexibility index (Phi) is 42.6. The predicted molar refractivity (Wildman–Crippen MR) is 31.5 cm³/mol. The Labute approximate surface area is 249 Å². The minimum atomic E-state index is -5.95. The van der Waals surface area contributed by atoms with Crippen LogP contribution in [0.3, 0.4) is 0 Å². The van der Waals surface area contributed by atoms with Crippen molar-refractivity contribution in [1.29, 1.82) is 0 Å². The van der Waals surface area contributed by atoms with Crippen LogP contribution in [-0.4, -0.2) is 11.6 Å². The summed E-state index contributed by atoms with van der Waals surface area (Å²) in [6.07, 6.45) is -2.03. The van der Waals surface area contributed by atoms with Gasteiger partial charge in [0.15, 0.2) is 0 Å². The molecule has 0 radical (unpaired) electrons. The third-order valence-corrected chi connectivity index (χ3v) is 6.03. The fourth-order valence-corrected chi connectivity index (χ4v) is 5.16. The van der Waals surface area contributed by atoms with Crippen molar-refractivity contribution in [2.45, 2.75) is 5.40 Å². The molecule has 0 atom stereocenters. The van der Waals surface area contributed by atoms with E-state index < -0.39 is 34.3 Å². The van der Waals surface area contributed by atoms with Crippen LogP contribution in [0.1, 0.15) is 0 Å². The van der Waals surface area contributed by atoms with Crippen molar-refractivity contribution in [3.8, 4) is 0 Å². The van der Waals surface area contributed by atoms with Crippen LogP contribution in [0, 0.1) is 0 Å². The molecule has 18 heteroatoms. The van der Waals surface area contributed by atoms with Crippen LogP contribution < -0.4 is 207 Å². The maximum absolute atomic E-state index is 10.2. The van der Waals surface area contributed by atoms with Crippen molar-refractivity contribution in [2.75, 3.05) is 6.16 Å². The SMILES string of the molecule is O=P([O-])([O-])CC(P(=O)([O-])[O-])P(=O)([O-])[O-].[Na+].[Na+].[Na+].[Na+].[Na+].[Na+]. The van der Waals surface area contributed by atoms with Crippen LogP contribution in [0.2, 0.25) is 0 Å². The van der Waals surface area contributed by atoms with Gasteiger partial charge >= 0.3 is 177 Å². The second-order valence-corrected chi connectivity index (χ2v) is 7.75. The monoisotopic (exact) mass is 402 g/mol. The molecule has 0 N–H and O–H groups in total. The van der Waals surface area contributed by atoms with Gasteiger partial charge < -0.3 is 43.1 Å². The smallest absolute Gasteiger partial charge is 0.811 e. The van der Waals surface area contributed by atoms with E-state index in [9.17, 15) is 43.1 Å². The van der Waals surface area contributed by atoms with Gasteiger partial charge in [0.2, 0.25) is 0 Å². The predicted octanol–water partition coefficient (Wildman–Crippen LogP) is -22.9. The molecule has 0 aromatic rings. The van der Waals surface area contributed by atoms with Gasteiger partial charge in [-0.1, -0.05) is 22.8 Å². The first-order valence-electron chi connectivity index (χ1n) is 2.88. The molecule has 0 aliphatic carbocycles. The summed E-state index contributed by atoms with van der Waals surface area (Å²) in [5.74, 6) is 0. The molecule has 9 nitrogen and oxygen atoms in total. The second kappa shape index (κ2) is 18.8. The first-order valence-corrected chi connectivity index (χ1v) is 7.84. The van der Waals surface area contributed by atoms with E-state index in [1.54, 1.807) is 0 Å². The number of hydrogen-bond donors (Lipinski definition) is 0. The summed E-state index contributed by atoms with van der Waals surface area (Å²) in [7, 11) is -17.5. The summed E-state index contributed by atoms with van der Waals surface area (Å²) < 4.78 is 30.3. The number of hydrogen-bond acceptors (Lipinski definition) is 9. The molecule has 0 saturated heterocycles. The average Bonchev–Trinajstić information content (AvgIpc) is 1.75. The Bertz CT molecular complexity index is 324. The molecule has 0 heterocycles. The van der Waals surface area contributed by atoms with Gasteiger partial charge in [-0.05, 0) is 6.16 Å². The summed E-state index contributed by atoms with van der Waals surface area (Å²) in [5.41, 5.74) is 0. The Morgan fingerprint density at radius 1 is 0.600 bits per heavy atom. The van der Waals surface area contributed by atoms with E-state index in [0.29, 0.717) is 0 Å². The van der Waals surface area contributed by atoms with Crippen molar-refractivity contribution < 1.29 is 220 Å². The van der Waals surface area contributed by atoms with E-state index in [-0.39, 0.29) is 177 Å². The molecule has 86 valence electrons. The summed E-state index contributed by atoms with van der Waals surface area (Å²) in [6.45, 7) is 0. The van der Waals surface area contributed by atoms with Crippen molar-refractivity contribution in [1.82, 2.24) is 0 Å². The molecule has 0 aromatic heterocycles. The molecule has 0 bridgehead atoms. The van der Waals surface area contributed by atoms with Crippen LogP contribution in [0.15, 0.2) is 0 Å². The van der Waals surface area contributed by atoms with E-state index in [1.807, 2.05) is 0 Å². The first kappa shape index (κ1) is 45.3. The molecule has 0 unspecified atom stereocenters. The van der Waals surface area contributed by atoms with E-state index in [4.69, 9.17) is 0 Å². The zero-order valence-corrected chi connectivity index (χ0v) is 27.0. The molecule has 0 spiro atoms. The Morgan fingerprint density at radius 3 is 0.850 bits per heavy atom. The molecule has 0 rings (SSSR count). The molecule has 0 saturated carbocycles. The largest absolute Gasteiger partial charge is 1.00 e. The Morgan fingerprint density at radius 2 is 0.800 bits per heavy atom. The van der Waals surface area contributed by atoms with E-state index >= 15 is 0 Å². The van der Waals surface area contributed by atoms with Gasteiger partial charge in [-0.15, -0.1) is 0 Å². The van der Waals surface area contributed by atoms with Crippen molar-refractivity contribution in [3.05, 3.63) is 0 Å². The standard InChI is InChI=1S/C2H9O9P3.6Na/c3-12(4,5)1-2(13(6,7)8)14(9,10)11;;;;;;/h2H,1H2,(H2,3,4,5)(H2,6,7,8)(H2,9,10,11);;;;;;/q;6*+1/p-6. The van der Waals surface area contributed by atoms with Gasteiger partial charge in [0.25, 0.3) is 0 Å². The maximum Gasteiger partial charge on any atom is 1.00 e. The first-order chi connectivity index (χ1) is 5.84. The van der Waals surface area contributed by atoms with Gasteiger partial charge in [-0.3, -0.25) is 0 Å². The molecular formula is C2H3Na6O9P3. The minimum absolute atomic E-state index is 0. The van der Waals surface area contributed by atoms with Crippen molar-refractivity contribution >= 4 is 22.8 Å². The van der Waals surface area contributed by atoms with Crippen molar-refractivity contribution in [2.24, 2.45) is 0 Å². The van der Waals surface area contributed by atoms with Gasteiger partial charge in [-0.25, -0.2) is 0 Å². The zero-order valence-electron chi connectivity index (χ0n) is 12.3. The van der Waals surface area contributed by atoms with E-state index in [2.05, 4.69) is 0 Å². The zero-order chi connectivity index (χ0) is 11.8. The van der Waals surface area contributed by atoms with E-state index in [0.717, 1.165) is 0 Å². The van der Waals surface area contributed by atoms with Crippen LogP contribution in [0.25, 0.3) is 0 Å². The molecule has 0 amide bonds. The summed E-state index contributed by atoms with van der Waals surface area (Å²) in [6, 6.07) is 0. The Balaban J connectivity index is -0.0000000563. The molecule has 0 aliphatic rings. The molecule has 0 aromatic carbocycles. The van der Waals surface area contributed by atoms with Gasteiger partial charge in [-0.2, -0.15) is 0 Å². The summed E-state index contributed by atoms with van der Waals surface area (Å²) >= 11 is 0. The fourth-order valence-electron chi connectivity index (χ4n) is 0.573. The fraction of sp³-hybridized carbons (Fsp3) is 1.00. The van der Waals surface area contributed by atoms with Gasteiger partial charge in [0, 0.05) is 5.40 Å². The summed E-state index contributed by atoms with van der Waals surface area (Å²) in [5, 5.41) is -3.23. The van der Waals surface area contributed by atoms with Crippen LogP contribution >= 0.6 is 22.8 Å². The molecule has 0 fully saturated rings. The molecular weight excluding hydrogens is 399 g/mol. The third-order valence-electron chi connectivity index (χ3n) is 1.12. The quantitative estimate of drug-likeness (QED) is 0.325. The average molecular weight is 402 g/mol. The Hall–Kier alpha value is 6.45. The molecule has 0 aliphatic heterocycles. The normalized spacial score (nSPS) is 10.3. The van der Waals surface area contributed by atoms with Gasteiger partial charge in [0.1, 0.15) is 0 Å². The number of rotatable bonds is 4. The summed E-state index contributed by atoms with van der Waals surface area (Å²) in [4.78, 5) is 60.6. The van der Waals surface area contributed by atoms with E-state index in [1.165, 1.54) is 0 Å². The topological polar surface area (TPSA) is 190 Å². The second-order valence-electron chi connectivity index (χ2n) is 2.35. The maximum atomic E-state index is 10.2. The third kappa shape index (κ3) is 24.5.